The normalized spacial score (nSPS) is 10.8. The number of hydrogen-bond donors (Lipinski definition) is 1. The molecule has 0 radical (unpaired) electrons. The fourth-order valence-corrected chi connectivity index (χ4v) is 3.96. The highest BCUT2D eigenvalue weighted by Gasteiger charge is 2.18. The lowest BCUT2D eigenvalue weighted by atomic mass is 10.2. The van der Waals surface area contributed by atoms with Crippen LogP contribution in [0.2, 0.25) is 0 Å². The molecule has 0 aliphatic carbocycles. The van der Waals surface area contributed by atoms with Crippen LogP contribution >= 0.6 is 38.6 Å². The first kappa shape index (κ1) is 15.5. The Kier molecular flexibility index (Phi) is 5.17. The molecule has 0 spiro atoms. The van der Waals surface area contributed by atoms with Gasteiger partial charge in [0.05, 0.1) is 9.48 Å². The Morgan fingerprint density at radius 2 is 2.30 bits per heavy atom. The average Bonchev–Trinajstić information content (AvgIpc) is 2.96. The van der Waals surface area contributed by atoms with Crippen molar-refractivity contribution in [2.45, 2.75) is 26.3 Å². The second-order valence-electron chi connectivity index (χ2n) is 4.44. The Hall–Kier alpha value is -0.920. The number of aromatic carboxylic acids is 1. The topological polar surface area (TPSA) is 53.4 Å². The van der Waals surface area contributed by atoms with Crippen LogP contribution in [0.15, 0.2) is 15.2 Å². The molecular formula is C13H15BrN2O2S2. The number of hydrogen-bond acceptors (Lipinski definition) is 5. The third kappa shape index (κ3) is 3.59. The summed E-state index contributed by atoms with van der Waals surface area (Å²) in [6.07, 6.45) is 1.60. The second kappa shape index (κ2) is 6.69. The molecule has 1 N–H and O–H groups in total. The molecule has 0 atom stereocenters. The lowest BCUT2D eigenvalue weighted by molar-refractivity contribution is 0.0700. The fraction of sp³-hybridized carbons (Fsp3) is 0.385. The standard InChI is InChI=1S/C13H15BrN2O2S2/c1-3-4-9-11(12(17)18)20-13(15-9)16(2)6-8-5-10(14)19-7-8/h5,7H,3-4,6H2,1-2H3,(H,17,18). The van der Waals surface area contributed by atoms with Crippen LogP contribution in [0.3, 0.4) is 0 Å². The Bertz CT molecular complexity index is 609. The van der Waals surface area contributed by atoms with Gasteiger partial charge >= 0.3 is 5.97 Å². The average molecular weight is 375 g/mol. The number of aromatic nitrogens is 1. The number of anilines is 1. The first-order valence-corrected chi connectivity index (χ1v) is 8.67. The van der Waals surface area contributed by atoms with Crippen LogP contribution in [0, 0.1) is 0 Å². The molecule has 7 heteroatoms. The molecule has 0 unspecified atom stereocenters. The number of carboxylic acids is 1. The largest absolute Gasteiger partial charge is 0.477 e. The number of thiazole rings is 1. The van der Waals surface area contributed by atoms with E-state index >= 15 is 0 Å². The van der Waals surface area contributed by atoms with Crippen molar-refractivity contribution >= 4 is 49.7 Å². The lowest BCUT2D eigenvalue weighted by Gasteiger charge is -2.14. The van der Waals surface area contributed by atoms with Crippen molar-refractivity contribution in [3.63, 3.8) is 0 Å². The molecule has 0 aliphatic heterocycles. The summed E-state index contributed by atoms with van der Waals surface area (Å²) in [7, 11) is 1.94. The first-order chi connectivity index (χ1) is 9.51. The summed E-state index contributed by atoms with van der Waals surface area (Å²) in [5, 5.41) is 12.1. The summed E-state index contributed by atoms with van der Waals surface area (Å²) >= 11 is 6.33. The maximum Gasteiger partial charge on any atom is 0.347 e. The summed E-state index contributed by atoms with van der Waals surface area (Å²) in [4.78, 5) is 18.1. The van der Waals surface area contributed by atoms with Gasteiger partial charge in [-0.25, -0.2) is 9.78 Å². The van der Waals surface area contributed by atoms with Gasteiger partial charge in [0.15, 0.2) is 5.13 Å². The highest BCUT2D eigenvalue weighted by Crippen LogP contribution is 2.29. The van der Waals surface area contributed by atoms with Crippen molar-refractivity contribution in [1.29, 1.82) is 0 Å². The molecule has 0 aliphatic rings. The first-order valence-electron chi connectivity index (χ1n) is 6.18. The van der Waals surface area contributed by atoms with E-state index in [0.717, 1.165) is 21.9 Å². The van der Waals surface area contributed by atoms with Crippen molar-refractivity contribution in [2.24, 2.45) is 0 Å². The van der Waals surface area contributed by atoms with Crippen molar-refractivity contribution in [3.8, 4) is 0 Å². The molecule has 0 aromatic carbocycles. The zero-order valence-corrected chi connectivity index (χ0v) is 14.4. The maximum absolute atomic E-state index is 11.2. The van der Waals surface area contributed by atoms with Crippen LogP contribution in [-0.2, 0) is 13.0 Å². The van der Waals surface area contributed by atoms with E-state index in [9.17, 15) is 9.90 Å². The zero-order valence-electron chi connectivity index (χ0n) is 11.2. The van der Waals surface area contributed by atoms with Crippen molar-refractivity contribution in [2.75, 3.05) is 11.9 Å². The third-order valence-corrected chi connectivity index (χ3v) is 5.49. The van der Waals surface area contributed by atoms with Crippen LogP contribution < -0.4 is 4.90 Å². The SMILES string of the molecule is CCCc1nc(N(C)Cc2csc(Br)c2)sc1C(=O)O. The molecule has 108 valence electrons. The Morgan fingerprint density at radius 3 is 2.85 bits per heavy atom. The summed E-state index contributed by atoms with van der Waals surface area (Å²) in [5.74, 6) is -0.885. The summed E-state index contributed by atoms with van der Waals surface area (Å²) in [5.41, 5.74) is 1.88. The van der Waals surface area contributed by atoms with Crippen molar-refractivity contribution in [3.05, 3.63) is 31.4 Å². The molecule has 0 saturated heterocycles. The van der Waals surface area contributed by atoms with E-state index in [0.29, 0.717) is 17.0 Å². The van der Waals surface area contributed by atoms with E-state index in [1.165, 1.54) is 16.9 Å². The molecule has 0 amide bonds. The molecule has 2 heterocycles. The second-order valence-corrected chi connectivity index (χ2v) is 7.71. The molecule has 0 fully saturated rings. The highest BCUT2D eigenvalue weighted by molar-refractivity contribution is 9.11. The fourth-order valence-electron chi connectivity index (χ4n) is 1.85. The van der Waals surface area contributed by atoms with Gasteiger partial charge in [0.25, 0.3) is 0 Å². The minimum Gasteiger partial charge on any atom is -0.477 e. The third-order valence-electron chi connectivity index (χ3n) is 2.74. The van der Waals surface area contributed by atoms with Gasteiger partial charge < -0.3 is 10.0 Å². The Balaban J connectivity index is 2.19. The number of carbonyl (C=O) groups is 1. The van der Waals surface area contributed by atoms with Gasteiger partial charge in [-0.3, -0.25) is 0 Å². The van der Waals surface area contributed by atoms with Gasteiger partial charge in [0, 0.05) is 13.6 Å². The smallest absolute Gasteiger partial charge is 0.347 e. The van der Waals surface area contributed by atoms with Gasteiger partial charge in [0.1, 0.15) is 4.88 Å². The van der Waals surface area contributed by atoms with Gasteiger partial charge in [-0.15, -0.1) is 11.3 Å². The van der Waals surface area contributed by atoms with Crippen LogP contribution in [0.5, 0.6) is 0 Å². The van der Waals surface area contributed by atoms with Crippen LogP contribution in [0.4, 0.5) is 5.13 Å². The highest BCUT2D eigenvalue weighted by atomic mass is 79.9. The molecule has 2 aromatic heterocycles. The summed E-state index contributed by atoms with van der Waals surface area (Å²) in [6.45, 7) is 2.75. The number of nitrogens with zero attached hydrogens (tertiary/aromatic N) is 2. The van der Waals surface area contributed by atoms with Crippen LogP contribution in [-0.4, -0.2) is 23.1 Å². The van der Waals surface area contributed by atoms with Gasteiger partial charge in [-0.2, -0.15) is 0 Å². The maximum atomic E-state index is 11.2. The lowest BCUT2D eigenvalue weighted by Crippen LogP contribution is -2.15. The van der Waals surface area contributed by atoms with Gasteiger partial charge in [0.2, 0.25) is 0 Å². The minimum absolute atomic E-state index is 0.361. The Morgan fingerprint density at radius 1 is 1.55 bits per heavy atom. The van der Waals surface area contributed by atoms with E-state index in [1.807, 2.05) is 18.9 Å². The quantitative estimate of drug-likeness (QED) is 0.820. The number of aryl methyl sites for hydroxylation is 1. The van der Waals surface area contributed by atoms with Crippen molar-refractivity contribution in [1.82, 2.24) is 4.98 Å². The van der Waals surface area contributed by atoms with E-state index in [2.05, 4.69) is 32.4 Å². The van der Waals surface area contributed by atoms with E-state index in [4.69, 9.17) is 0 Å². The zero-order chi connectivity index (χ0) is 14.7. The van der Waals surface area contributed by atoms with Crippen molar-refractivity contribution < 1.29 is 9.90 Å². The summed E-state index contributed by atoms with van der Waals surface area (Å²) < 4.78 is 1.10. The minimum atomic E-state index is -0.885. The number of rotatable bonds is 6. The van der Waals surface area contributed by atoms with E-state index in [-0.39, 0.29) is 0 Å². The van der Waals surface area contributed by atoms with E-state index < -0.39 is 5.97 Å². The number of thiophene rings is 1. The molecule has 4 nitrogen and oxygen atoms in total. The molecular weight excluding hydrogens is 360 g/mol. The number of carboxylic acid groups (broad SMARTS) is 1. The van der Waals surface area contributed by atoms with Gasteiger partial charge in [-0.05, 0) is 39.4 Å². The summed E-state index contributed by atoms with van der Waals surface area (Å²) in [6, 6.07) is 2.07. The molecule has 2 rings (SSSR count). The predicted octanol–water partition coefficient (Wildman–Crippen LogP) is 4.25. The molecule has 0 bridgehead atoms. The van der Waals surface area contributed by atoms with Crippen LogP contribution in [0.25, 0.3) is 0 Å². The number of halogens is 1. The Labute approximate surface area is 134 Å². The molecule has 20 heavy (non-hydrogen) atoms. The molecule has 2 aromatic rings. The molecule has 0 saturated carbocycles. The van der Waals surface area contributed by atoms with Crippen LogP contribution in [0.1, 0.15) is 34.3 Å². The van der Waals surface area contributed by atoms with Gasteiger partial charge in [-0.1, -0.05) is 24.7 Å². The predicted molar refractivity (Wildman–Crippen MR) is 87.2 cm³/mol. The monoisotopic (exact) mass is 374 g/mol. The van der Waals surface area contributed by atoms with E-state index in [1.54, 1.807) is 11.3 Å².